The van der Waals surface area contributed by atoms with Crippen molar-refractivity contribution >= 4 is 50.5 Å². The minimum absolute atomic E-state index is 0.0320. The maximum absolute atomic E-state index is 12.2. The second-order valence-electron chi connectivity index (χ2n) is 4.79. The summed E-state index contributed by atoms with van der Waals surface area (Å²) >= 11 is 11.0. The van der Waals surface area contributed by atoms with Crippen molar-refractivity contribution in [2.24, 2.45) is 0 Å². The van der Waals surface area contributed by atoms with Gasteiger partial charge in [-0.2, -0.15) is 0 Å². The van der Waals surface area contributed by atoms with Crippen LogP contribution in [0, 0.1) is 0 Å². The number of carbonyl (C=O) groups is 1. The number of rotatable bonds is 5. The largest absolute Gasteiger partial charge is 0.325 e. The third kappa shape index (κ3) is 4.81. The molecule has 1 aromatic carbocycles. The first-order valence-corrected chi connectivity index (χ1v) is 8.45. The van der Waals surface area contributed by atoms with Crippen molar-refractivity contribution in [3.05, 3.63) is 50.1 Å². The number of hydrogen-bond donors (Lipinski definition) is 1. The van der Waals surface area contributed by atoms with E-state index in [0.29, 0.717) is 5.02 Å². The number of likely N-dealkylation sites (N-methyl/N-ethyl adjacent to an activating group) is 1. The number of halogens is 2. The van der Waals surface area contributed by atoms with Gasteiger partial charge in [-0.3, -0.25) is 9.69 Å². The molecule has 0 saturated heterocycles. The zero-order chi connectivity index (χ0) is 15.4. The van der Waals surface area contributed by atoms with E-state index in [-0.39, 0.29) is 11.9 Å². The maximum atomic E-state index is 12.2. The minimum Gasteiger partial charge on any atom is -0.325 e. The lowest BCUT2D eigenvalue weighted by Crippen LogP contribution is -2.39. The predicted octanol–water partition coefficient (Wildman–Crippen LogP) is 4.62. The number of nitrogens with one attached hydrogen (secondary N) is 1. The van der Waals surface area contributed by atoms with Gasteiger partial charge in [0.25, 0.3) is 0 Å². The van der Waals surface area contributed by atoms with Crippen molar-refractivity contribution < 1.29 is 4.79 Å². The van der Waals surface area contributed by atoms with E-state index >= 15 is 0 Å². The summed E-state index contributed by atoms with van der Waals surface area (Å²) in [4.78, 5) is 15.5. The standard InChI is InChI=1S/C15H16BrClN2OS/c1-10(19(2)9-13-7-8-14(16)21-13)15(20)18-12-5-3-11(17)4-6-12/h3-8,10H,9H2,1-2H3,(H,18,20)/t10-/m1/s1. The third-order valence-corrected chi connectivity index (χ3v) is 5.05. The molecule has 0 radical (unpaired) electrons. The Bertz CT molecular complexity index is 614. The second kappa shape index (κ2) is 7.40. The first kappa shape index (κ1) is 16.5. The van der Waals surface area contributed by atoms with E-state index in [1.165, 1.54) is 4.88 Å². The van der Waals surface area contributed by atoms with Crippen LogP contribution >= 0.6 is 38.9 Å². The predicted molar refractivity (Wildman–Crippen MR) is 93.0 cm³/mol. The Morgan fingerprint density at radius 2 is 2.00 bits per heavy atom. The molecule has 6 heteroatoms. The fourth-order valence-electron chi connectivity index (χ4n) is 1.80. The summed E-state index contributed by atoms with van der Waals surface area (Å²) in [5, 5.41) is 3.55. The number of hydrogen-bond acceptors (Lipinski definition) is 3. The Balaban J connectivity index is 1.93. The lowest BCUT2D eigenvalue weighted by Gasteiger charge is -2.23. The maximum Gasteiger partial charge on any atom is 0.241 e. The summed E-state index contributed by atoms with van der Waals surface area (Å²) in [6.45, 7) is 2.64. The van der Waals surface area contributed by atoms with Crippen LogP contribution in [0.25, 0.3) is 0 Å². The summed E-state index contributed by atoms with van der Waals surface area (Å²) in [6, 6.07) is 11.0. The average Bonchev–Trinajstić information content (AvgIpc) is 2.85. The molecule has 2 rings (SSSR count). The fraction of sp³-hybridized carbons (Fsp3) is 0.267. The van der Waals surface area contributed by atoms with E-state index in [9.17, 15) is 4.79 Å². The van der Waals surface area contributed by atoms with Crippen molar-refractivity contribution in [1.29, 1.82) is 0 Å². The summed E-state index contributed by atoms with van der Waals surface area (Å²) in [5.41, 5.74) is 0.753. The molecule has 1 aromatic heterocycles. The molecule has 3 nitrogen and oxygen atoms in total. The highest BCUT2D eigenvalue weighted by Crippen LogP contribution is 2.23. The molecule has 0 bridgehead atoms. The van der Waals surface area contributed by atoms with Gasteiger partial charge < -0.3 is 5.32 Å². The first-order valence-electron chi connectivity index (χ1n) is 6.46. The Labute approximate surface area is 142 Å². The van der Waals surface area contributed by atoms with Crippen molar-refractivity contribution in [1.82, 2.24) is 4.90 Å². The van der Waals surface area contributed by atoms with Crippen LogP contribution in [-0.4, -0.2) is 23.9 Å². The number of carbonyl (C=O) groups excluding carboxylic acids is 1. The highest BCUT2D eigenvalue weighted by atomic mass is 79.9. The molecule has 0 spiro atoms. The summed E-state index contributed by atoms with van der Waals surface area (Å²) < 4.78 is 1.10. The van der Waals surface area contributed by atoms with E-state index in [4.69, 9.17) is 11.6 Å². The fourth-order valence-corrected chi connectivity index (χ4v) is 3.47. The van der Waals surface area contributed by atoms with E-state index < -0.39 is 0 Å². The van der Waals surface area contributed by atoms with E-state index in [1.807, 2.05) is 24.9 Å². The quantitative estimate of drug-likeness (QED) is 0.811. The number of benzene rings is 1. The van der Waals surface area contributed by atoms with Crippen LogP contribution in [0.2, 0.25) is 5.02 Å². The normalized spacial score (nSPS) is 12.4. The summed E-state index contributed by atoms with van der Waals surface area (Å²) in [7, 11) is 1.94. The molecule has 112 valence electrons. The summed E-state index contributed by atoms with van der Waals surface area (Å²) in [6.07, 6.45) is 0. The van der Waals surface area contributed by atoms with Crippen LogP contribution < -0.4 is 5.32 Å². The molecule has 0 fully saturated rings. The zero-order valence-electron chi connectivity index (χ0n) is 11.8. The van der Waals surface area contributed by atoms with Gasteiger partial charge in [0, 0.05) is 22.1 Å². The molecule has 0 aliphatic carbocycles. The van der Waals surface area contributed by atoms with Crippen molar-refractivity contribution in [3.8, 4) is 0 Å². The lowest BCUT2D eigenvalue weighted by atomic mass is 10.2. The van der Waals surface area contributed by atoms with E-state index in [1.54, 1.807) is 35.6 Å². The van der Waals surface area contributed by atoms with Crippen molar-refractivity contribution in [3.63, 3.8) is 0 Å². The molecular weight excluding hydrogens is 372 g/mol. The minimum atomic E-state index is -0.221. The topological polar surface area (TPSA) is 32.3 Å². The Kier molecular flexibility index (Phi) is 5.81. The molecule has 0 saturated carbocycles. The third-order valence-electron chi connectivity index (χ3n) is 3.19. The zero-order valence-corrected chi connectivity index (χ0v) is 14.9. The van der Waals surface area contributed by atoms with Gasteiger partial charge in [-0.15, -0.1) is 11.3 Å². The SMILES string of the molecule is C[C@H](C(=O)Nc1ccc(Cl)cc1)N(C)Cc1ccc(Br)s1. The molecule has 0 aliphatic heterocycles. The van der Waals surface area contributed by atoms with Gasteiger partial charge in [0.1, 0.15) is 0 Å². The van der Waals surface area contributed by atoms with Gasteiger partial charge in [0.05, 0.1) is 9.83 Å². The van der Waals surface area contributed by atoms with Crippen LogP contribution in [0.5, 0.6) is 0 Å². The highest BCUT2D eigenvalue weighted by molar-refractivity contribution is 9.11. The van der Waals surface area contributed by atoms with Gasteiger partial charge in [0.15, 0.2) is 0 Å². The van der Waals surface area contributed by atoms with Crippen molar-refractivity contribution in [2.75, 3.05) is 12.4 Å². The molecule has 2 aromatic rings. The molecular formula is C15H16BrClN2OS. The average molecular weight is 388 g/mol. The Hall–Kier alpha value is -0.880. The van der Waals surface area contributed by atoms with E-state index in [0.717, 1.165) is 16.0 Å². The Morgan fingerprint density at radius 1 is 1.33 bits per heavy atom. The molecule has 0 unspecified atom stereocenters. The second-order valence-corrected chi connectivity index (χ2v) is 7.78. The van der Waals surface area contributed by atoms with Crippen LogP contribution in [0.4, 0.5) is 5.69 Å². The van der Waals surface area contributed by atoms with Crippen LogP contribution in [0.1, 0.15) is 11.8 Å². The van der Waals surface area contributed by atoms with Gasteiger partial charge >= 0.3 is 0 Å². The molecule has 1 atom stereocenters. The van der Waals surface area contributed by atoms with Crippen LogP contribution in [0.15, 0.2) is 40.2 Å². The van der Waals surface area contributed by atoms with Crippen molar-refractivity contribution in [2.45, 2.75) is 19.5 Å². The van der Waals surface area contributed by atoms with Gasteiger partial charge in [-0.25, -0.2) is 0 Å². The van der Waals surface area contributed by atoms with Crippen LogP contribution in [-0.2, 0) is 11.3 Å². The lowest BCUT2D eigenvalue weighted by molar-refractivity contribution is -0.120. The highest BCUT2D eigenvalue weighted by Gasteiger charge is 2.18. The first-order chi connectivity index (χ1) is 9.95. The van der Waals surface area contributed by atoms with Gasteiger partial charge in [-0.1, -0.05) is 11.6 Å². The number of amides is 1. The molecule has 0 aliphatic rings. The number of thiophene rings is 1. The summed E-state index contributed by atoms with van der Waals surface area (Å²) in [5.74, 6) is -0.0320. The van der Waals surface area contributed by atoms with Gasteiger partial charge in [0.2, 0.25) is 5.91 Å². The molecule has 1 amide bonds. The van der Waals surface area contributed by atoms with E-state index in [2.05, 4.69) is 27.3 Å². The number of nitrogens with zero attached hydrogens (tertiary/aromatic N) is 1. The molecule has 1 N–H and O–H groups in total. The smallest absolute Gasteiger partial charge is 0.241 e. The monoisotopic (exact) mass is 386 g/mol. The van der Waals surface area contributed by atoms with Crippen LogP contribution in [0.3, 0.4) is 0 Å². The Morgan fingerprint density at radius 3 is 2.57 bits per heavy atom. The van der Waals surface area contributed by atoms with Gasteiger partial charge in [-0.05, 0) is 66.3 Å². The molecule has 21 heavy (non-hydrogen) atoms. The number of anilines is 1. The molecule has 1 heterocycles.